The predicted molar refractivity (Wildman–Crippen MR) is 97.0 cm³/mol. The Morgan fingerprint density at radius 3 is 2.69 bits per heavy atom. The van der Waals surface area contributed by atoms with E-state index in [2.05, 4.69) is 6.92 Å². The first-order valence-electron chi connectivity index (χ1n) is 9.64. The van der Waals surface area contributed by atoms with Gasteiger partial charge in [-0.05, 0) is 61.7 Å². The molecule has 7 atom stereocenters. The zero-order valence-electron chi connectivity index (χ0n) is 15.7. The number of Topliss-reactive ketones (excluding diaryl/α,β-unsaturated/α-hetero) is 1. The van der Waals surface area contributed by atoms with Crippen LogP contribution >= 0.6 is 0 Å². The highest BCUT2D eigenvalue weighted by atomic mass is 19.1. The maximum absolute atomic E-state index is 16.6. The van der Waals surface area contributed by atoms with Gasteiger partial charge in [-0.3, -0.25) is 9.59 Å². The van der Waals surface area contributed by atoms with Crippen molar-refractivity contribution in [1.82, 2.24) is 0 Å². The fraction of sp³-hybridized carbons (Fsp3) is 0.636. The lowest BCUT2D eigenvalue weighted by Gasteiger charge is -2.57. The lowest BCUT2D eigenvalue weighted by Crippen LogP contribution is -2.57. The Hall–Kier alpha value is -1.55. The van der Waals surface area contributed by atoms with Gasteiger partial charge in [-0.2, -0.15) is 0 Å². The number of aliphatic hydroxyl groups excluding tert-OH is 1. The van der Waals surface area contributed by atoms with Crippen molar-refractivity contribution < 1.29 is 19.1 Å². The van der Waals surface area contributed by atoms with E-state index in [0.29, 0.717) is 6.42 Å². The monoisotopic (exact) mass is 358 g/mol. The highest BCUT2D eigenvalue weighted by Gasteiger charge is 2.66. The van der Waals surface area contributed by atoms with Crippen LogP contribution in [0.1, 0.15) is 40.0 Å². The topological polar surface area (TPSA) is 54.4 Å². The zero-order valence-corrected chi connectivity index (χ0v) is 15.7. The fourth-order valence-corrected chi connectivity index (χ4v) is 6.65. The molecule has 3 nitrogen and oxygen atoms in total. The SMILES string of the molecule is C[C@@H]1C[C@H]2[C@@H]3CCC4=CC(=O)C=C[C@]4(C)[C@@]3(F)C=C[C@]2(C)[C@H]1C(=O)CO. The van der Waals surface area contributed by atoms with Crippen molar-refractivity contribution in [3.05, 3.63) is 36.0 Å². The molecule has 0 unspecified atom stereocenters. The van der Waals surface area contributed by atoms with E-state index in [0.717, 1.165) is 18.4 Å². The number of carbonyl (C=O) groups is 2. The van der Waals surface area contributed by atoms with Gasteiger partial charge in [0.2, 0.25) is 0 Å². The van der Waals surface area contributed by atoms with Crippen LogP contribution < -0.4 is 0 Å². The van der Waals surface area contributed by atoms with E-state index < -0.39 is 23.1 Å². The van der Waals surface area contributed by atoms with E-state index in [9.17, 15) is 14.7 Å². The minimum atomic E-state index is -1.55. The average Bonchev–Trinajstić information content (AvgIpc) is 2.86. The summed E-state index contributed by atoms with van der Waals surface area (Å²) in [5.41, 5.74) is -1.88. The number of ketones is 2. The van der Waals surface area contributed by atoms with Crippen LogP contribution in [0.15, 0.2) is 36.0 Å². The van der Waals surface area contributed by atoms with Gasteiger partial charge < -0.3 is 5.11 Å². The number of halogens is 1. The van der Waals surface area contributed by atoms with Gasteiger partial charge in [-0.15, -0.1) is 0 Å². The van der Waals surface area contributed by atoms with Gasteiger partial charge in [0, 0.05) is 17.3 Å². The third-order valence-corrected chi connectivity index (χ3v) is 7.96. The molecule has 0 spiro atoms. The fourth-order valence-electron chi connectivity index (χ4n) is 6.65. The Balaban J connectivity index is 1.81. The van der Waals surface area contributed by atoms with Crippen molar-refractivity contribution in [2.24, 2.45) is 34.5 Å². The van der Waals surface area contributed by atoms with Crippen molar-refractivity contribution >= 4 is 11.6 Å². The molecule has 4 aliphatic rings. The standard InChI is InChI=1S/C22H27FO3/c1-13-10-17-16-5-4-14-11-15(25)6-7-21(14,3)22(16,23)9-8-20(17,2)19(13)18(26)12-24/h6-9,11,13,16-17,19,24H,4-5,10,12H2,1-3H3/t13-,16+,17+,19-,20+,21+,22-/m1/s1. The van der Waals surface area contributed by atoms with Crippen LogP contribution in [-0.4, -0.2) is 28.9 Å². The summed E-state index contributed by atoms with van der Waals surface area (Å²) in [7, 11) is 0. The van der Waals surface area contributed by atoms with Crippen molar-refractivity contribution in [3.63, 3.8) is 0 Å². The van der Waals surface area contributed by atoms with E-state index in [-0.39, 0.29) is 35.2 Å². The minimum absolute atomic E-state index is 0.0627. The smallest absolute Gasteiger partial charge is 0.178 e. The predicted octanol–water partition coefficient (Wildman–Crippen LogP) is 3.59. The molecule has 0 radical (unpaired) electrons. The van der Waals surface area contributed by atoms with E-state index in [4.69, 9.17) is 0 Å². The van der Waals surface area contributed by atoms with Crippen molar-refractivity contribution in [2.75, 3.05) is 6.61 Å². The maximum atomic E-state index is 16.6. The first kappa shape index (κ1) is 17.8. The van der Waals surface area contributed by atoms with E-state index >= 15 is 4.39 Å². The number of hydrogen-bond donors (Lipinski definition) is 1. The Morgan fingerprint density at radius 1 is 1.27 bits per heavy atom. The first-order valence-corrected chi connectivity index (χ1v) is 9.64. The summed E-state index contributed by atoms with van der Waals surface area (Å²) in [5, 5.41) is 9.42. The summed E-state index contributed by atoms with van der Waals surface area (Å²) >= 11 is 0. The van der Waals surface area contributed by atoms with Crippen LogP contribution in [0.3, 0.4) is 0 Å². The zero-order chi connectivity index (χ0) is 18.9. The highest BCUT2D eigenvalue weighted by molar-refractivity contribution is 6.01. The maximum Gasteiger partial charge on any atom is 0.178 e. The molecule has 0 aromatic heterocycles. The summed E-state index contributed by atoms with van der Waals surface area (Å²) in [5.74, 6) is -0.443. The summed E-state index contributed by atoms with van der Waals surface area (Å²) in [6, 6.07) is 0. The summed E-state index contributed by atoms with van der Waals surface area (Å²) in [4.78, 5) is 24.2. The normalized spacial score (nSPS) is 49.3. The minimum Gasteiger partial charge on any atom is -0.389 e. The van der Waals surface area contributed by atoms with Gasteiger partial charge in [0.05, 0.1) is 0 Å². The average molecular weight is 358 g/mol. The molecule has 4 aliphatic carbocycles. The number of rotatable bonds is 2. The summed E-state index contributed by atoms with van der Waals surface area (Å²) in [6.07, 6.45) is 10.6. The molecule has 26 heavy (non-hydrogen) atoms. The van der Waals surface area contributed by atoms with Gasteiger partial charge in [0.1, 0.15) is 12.3 Å². The number of aliphatic hydroxyl groups is 1. The van der Waals surface area contributed by atoms with Crippen LogP contribution in [0.25, 0.3) is 0 Å². The largest absolute Gasteiger partial charge is 0.389 e. The molecule has 140 valence electrons. The number of hydrogen-bond acceptors (Lipinski definition) is 3. The van der Waals surface area contributed by atoms with E-state index in [1.165, 1.54) is 6.08 Å². The van der Waals surface area contributed by atoms with Crippen LogP contribution in [0.4, 0.5) is 4.39 Å². The second kappa shape index (κ2) is 5.48. The van der Waals surface area contributed by atoms with Crippen molar-refractivity contribution in [2.45, 2.75) is 45.7 Å². The van der Waals surface area contributed by atoms with Gasteiger partial charge >= 0.3 is 0 Å². The third kappa shape index (κ3) is 2.02. The lowest BCUT2D eigenvalue weighted by molar-refractivity contribution is -0.131. The van der Waals surface area contributed by atoms with Gasteiger partial charge in [0.25, 0.3) is 0 Å². The van der Waals surface area contributed by atoms with Crippen molar-refractivity contribution in [1.29, 1.82) is 0 Å². The van der Waals surface area contributed by atoms with Gasteiger partial charge in [-0.1, -0.05) is 31.6 Å². The molecular formula is C22H27FO3. The molecule has 0 bridgehead atoms. The van der Waals surface area contributed by atoms with Gasteiger partial charge in [-0.25, -0.2) is 4.39 Å². The molecule has 0 amide bonds. The molecular weight excluding hydrogens is 331 g/mol. The second-order valence-corrected chi connectivity index (χ2v) is 9.14. The highest BCUT2D eigenvalue weighted by Crippen LogP contribution is 2.67. The van der Waals surface area contributed by atoms with E-state index in [1.54, 1.807) is 18.2 Å². The Morgan fingerprint density at radius 2 is 2.00 bits per heavy atom. The molecule has 2 fully saturated rings. The van der Waals surface area contributed by atoms with E-state index in [1.807, 2.05) is 19.9 Å². The number of carbonyl (C=O) groups excluding carboxylic acids is 2. The van der Waals surface area contributed by atoms with Crippen LogP contribution in [0, 0.1) is 34.5 Å². The molecule has 0 aromatic rings. The Kier molecular flexibility index (Phi) is 3.76. The second-order valence-electron chi connectivity index (χ2n) is 9.14. The molecule has 4 heteroatoms. The molecule has 4 rings (SSSR count). The van der Waals surface area contributed by atoms with Crippen LogP contribution in [0.5, 0.6) is 0 Å². The van der Waals surface area contributed by atoms with Crippen molar-refractivity contribution in [3.8, 4) is 0 Å². The van der Waals surface area contributed by atoms with Gasteiger partial charge in [0.15, 0.2) is 11.6 Å². The molecule has 0 saturated heterocycles. The molecule has 2 saturated carbocycles. The molecule has 0 heterocycles. The Bertz CT molecular complexity index is 765. The summed E-state index contributed by atoms with van der Waals surface area (Å²) in [6.45, 7) is 5.55. The first-order chi connectivity index (χ1) is 12.2. The number of allylic oxidation sites excluding steroid dienone is 6. The Labute approximate surface area is 154 Å². The summed E-state index contributed by atoms with van der Waals surface area (Å²) < 4.78 is 16.6. The third-order valence-electron chi connectivity index (χ3n) is 7.96. The van der Waals surface area contributed by atoms with Crippen LogP contribution in [0.2, 0.25) is 0 Å². The van der Waals surface area contributed by atoms with Crippen LogP contribution in [-0.2, 0) is 9.59 Å². The number of fused-ring (bicyclic) bond motifs is 5. The molecule has 0 aromatic carbocycles. The molecule has 0 aliphatic heterocycles. The number of alkyl halides is 1. The molecule has 1 N–H and O–H groups in total. The lowest BCUT2D eigenvalue weighted by atomic mass is 9.48. The quantitative estimate of drug-likeness (QED) is 0.768.